The summed E-state index contributed by atoms with van der Waals surface area (Å²) in [5.74, 6) is 0.624. The third-order valence-corrected chi connectivity index (χ3v) is 5.96. The van der Waals surface area contributed by atoms with E-state index >= 15 is 0 Å². The van der Waals surface area contributed by atoms with Crippen molar-refractivity contribution in [2.45, 2.75) is 63.0 Å². The molecule has 2 atom stereocenters. The minimum Gasteiger partial charge on any atom is -0.379 e. The van der Waals surface area contributed by atoms with E-state index in [1.54, 1.807) is 0 Å². The number of para-hydroxylation sites is 1. The highest BCUT2D eigenvalue weighted by molar-refractivity contribution is 5.59. The van der Waals surface area contributed by atoms with Crippen LogP contribution in [0.25, 0.3) is 0 Å². The molecule has 108 valence electrons. The second-order valence-electron chi connectivity index (χ2n) is 7.04. The van der Waals surface area contributed by atoms with Gasteiger partial charge in [0.15, 0.2) is 0 Å². The monoisotopic (exact) mass is 271 g/mol. The van der Waals surface area contributed by atoms with Crippen molar-refractivity contribution in [1.82, 2.24) is 0 Å². The lowest BCUT2D eigenvalue weighted by atomic mass is 9.60. The summed E-state index contributed by atoms with van der Waals surface area (Å²) in [5, 5.41) is 3.96. The topological polar surface area (TPSA) is 21.3 Å². The Labute approximate surface area is 121 Å². The molecule has 20 heavy (non-hydrogen) atoms. The van der Waals surface area contributed by atoms with Gasteiger partial charge in [-0.25, -0.2) is 0 Å². The highest BCUT2D eigenvalue weighted by atomic mass is 16.5. The van der Waals surface area contributed by atoms with E-state index in [2.05, 4.69) is 36.5 Å². The molecule has 2 heterocycles. The number of fused-ring (bicyclic) bond motifs is 4. The van der Waals surface area contributed by atoms with Gasteiger partial charge in [0.2, 0.25) is 0 Å². The minimum absolute atomic E-state index is 0.0859. The lowest BCUT2D eigenvalue weighted by Crippen LogP contribution is -2.60. The Morgan fingerprint density at radius 2 is 1.90 bits per heavy atom. The maximum absolute atomic E-state index is 6.38. The van der Waals surface area contributed by atoms with Crippen LogP contribution in [0.5, 0.6) is 0 Å². The van der Waals surface area contributed by atoms with E-state index < -0.39 is 0 Å². The van der Waals surface area contributed by atoms with Gasteiger partial charge in [0, 0.05) is 29.3 Å². The lowest BCUT2D eigenvalue weighted by Gasteiger charge is -2.58. The van der Waals surface area contributed by atoms with Crippen molar-refractivity contribution in [3.63, 3.8) is 0 Å². The van der Waals surface area contributed by atoms with Crippen LogP contribution in [0.15, 0.2) is 24.3 Å². The summed E-state index contributed by atoms with van der Waals surface area (Å²) in [6.45, 7) is 3.25. The molecule has 0 radical (unpaired) electrons. The number of benzene rings is 1. The van der Waals surface area contributed by atoms with E-state index in [4.69, 9.17) is 4.74 Å². The first-order valence-electron chi connectivity index (χ1n) is 8.26. The van der Waals surface area contributed by atoms with E-state index in [0.717, 1.165) is 6.61 Å². The lowest BCUT2D eigenvalue weighted by molar-refractivity contribution is -0.140. The normalized spacial score (nSPS) is 35.0. The Bertz CT molecular complexity index is 506. The first-order valence-corrected chi connectivity index (χ1v) is 8.26. The molecule has 1 aliphatic carbocycles. The molecule has 2 aliphatic heterocycles. The van der Waals surface area contributed by atoms with Gasteiger partial charge in [-0.05, 0) is 38.7 Å². The van der Waals surface area contributed by atoms with E-state index in [1.807, 2.05) is 0 Å². The number of hydrogen-bond acceptors (Lipinski definition) is 2. The molecule has 1 aromatic carbocycles. The third-order valence-electron chi connectivity index (χ3n) is 5.96. The molecule has 1 spiro atoms. The van der Waals surface area contributed by atoms with Crippen molar-refractivity contribution in [3.05, 3.63) is 29.8 Å². The van der Waals surface area contributed by atoms with Crippen molar-refractivity contribution in [1.29, 1.82) is 0 Å². The molecule has 1 aromatic rings. The number of hydrogen-bond donors (Lipinski definition) is 1. The molecule has 2 unspecified atom stereocenters. The van der Waals surface area contributed by atoms with Gasteiger partial charge in [0.1, 0.15) is 0 Å². The number of anilines is 1. The largest absolute Gasteiger partial charge is 0.379 e. The minimum atomic E-state index is -0.0859. The van der Waals surface area contributed by atoms with Crippen LogP contribution in [0.3, 0.4) is 0 Å². The summed E-state index contributed by atoms with van der Waals surface area (Å²) in [6, 6.07) is 8.80. The first kappa shape index (κ1) is 12.7. The highest BCUT2D eigenvalue weighted by Crippen LogP contribution is 2.55. The third kappa shape index (κ3) is 1.67. The molecule has 0 bridgehead atoms. The molecule has 2 fully saturated rings. The zero-order valence-corrected chi connectivity index (χ0v) is 12.5. The smallest absolute Gasteiger partial charge is 0.0973 e. The first-order chi connectivity index (χ1) is 9.75. The van der Waals surface area contributed by atoms with Crippen molar-refractivity contribution >= 4 is 5.69 Å². The molecule has 1 saturated carbocycles. The van der Waals surface area contributed by atoms with Crippen LogP contribution in [-0.2, 0) is 10.3 Å². The average molecular weight is 271 g/mol. The Balaban J connectivity index is 1.85. The van der Waals surface area contributed by atoms with Gasteiger partial charge in [0.05, 0.1) is 5.60 Å². The average Bonchev–Trinajstić information content (AvgIpc) is 2.48. The second kappa shape index (κ2) is 4.49. The van der Waals surface area contributed by atoms with Gasteiger partial charge in [-0.3, -0.25) is 0 Å². The fourth-order valence-electron chi connectivity index (χ4n) is 5.05. The summed E-state index contributed by atoms with van der Waals surface area (Å²) < 4.78 is 6.38. The Hall–Kier alpha value is -1.02. The summed E-state index contributed by atoms with van der Waals surface area (Å²) in [7, 11) is 0. The maximum Gasteiger partial charge on any atom is 0.0973 e. The second-order valence-corrected chi connectivity index (χ2v) is 7.04. The zero-order chi connectivity index (χ0) is 13.6. The van der Waals surface area contributed by atoms with Crippen LogP contribution in [0.1, 0.15) is 57.4 Å². The summed E-state index contributed by atoms with van der Waals surface area (Å²) in [6.07, 6.45) is 9.26. The SMILES string of the molecule is CC12OCCCC1C1(CCCCC1)Nc1ccccc12. The quantitative estimate of drug-likeness (QED) is 0.752. The maximum atomic E-state index is 6.38. The van der Waals surface area contributed by atoms with Crippen LogP contribution >= 0.6 is 0 Å². The number of rotatable bonds is 0. The van der Waals surface area contributed by atoms with Gasteiger partial charge in [0.25, 0.3) is 0 Å². The van der Waals surface area contributed by atoms with Crippen molar-refractivity contribution < 1.29 is 4.74 Å². The molecular weight excluding hydrogens is 246 g/mol. The van der Waals surface area contributed by atoms with Gasteiger partial charge in [-0.1, -0.05) is 37.5 Å². The fourth-order valence-corrected chi connectivity index (χ4v) is 5.05. The Morgan fingerprint density at radius 3 is 2.75 bits per heavy atom. The molecule has 2 nitrogen and oxygen atoms in total. The molecule has 4 rings (SSSR count). The van der Waals surface area contributed by atoms with Gasteiger partial charge in [-0.2, -0.15) is 0 Å². The van der Waals surface area contributed by atoms with E-state index in [9.17, 15) is 0 Å². The Kier molecular flexibility index (Phi) is 2.85. The van der Waals surface area contributed by atoms with Gasteiger partial charge >= 0.3 is 0 Å². The molecule has 0 aromatic heterocycles. The molecule has 1 saturated heterocycles. The van der Waals surface area contributed by atoms with Crippen molar-refractivity contribution in [3.8, 4) is 0 Å². The Morgan fingerprint density at radius 1 is 1.10 bits per heavy atom. The predicted molar refractivity (Wildman–Crippen MR) is 81.9 cm³/mol. The van der Waals surface area contributed by atoms with Crippen LogP contribution < -0.4 is 5.32 Å². The number of nitrogens with one attached hydrogen (secondary N) is 1. The van der Waals surface area contributed by atoms with Gasteiger partial charge < -0.3 is 10.1 Å². The molecular formula is C18H25NO. The summed E-state index contributed by atoms with van der Waals surface area (Å²) in [5.41, 5.74) is 2.88. The predicted octanol–water partition coefficient (Wildman–Crippen LogP) is 4.46. The molecule has 1 N–H and O–H groups in total. The molecule has 2 heteroatoms. The van der Waals surface area contributed by atoms with E-state index in [1.165, 1.54) is 56.2 Å². The molecule has 0 amide bonds. The summed E-state index contributed by atoms with van der Waals surface area (Å²) in [4.78, 5) is 0. The standard InChI is InChI=1S/C18H25NO/c1-17-14-8-3-4-9-15(14)19-18(11-5-2-6-12-18)16(17)10-7-13-20-17/h3-4,8-9,16,19H,2,5-7,10-13H2,1H3. The molecule has 3 aliphatic rings. The van der Waals surface area contributed by atoms with Crippen molar-refractivity contribution in [2.75, 3.05) is 11.9 Å². The fraction of sp³-hybridized carbons (Fsp3) is 0.667. The van der Waals surface area contributed by atoms with E-state index in [0.29, 0.717) is 5.92 Å². The van der Waals surface area contributed by atoms with E-state index in [-0.39, 0.29) is 11.1 Å². The van der Waals surface area contributed by atoms with Crippen LogP contribution in [0.4, 0.5) is 5.69 Å². The van der Waals surface area contributed by atoms with Crippen LogP contribution in [0.2, 0.25) is 0 Å². The summed E-state index contributed by atoms with van der Waals surface area (Å²) >= 11 is 0. The van der Waals surface area contributed by atoms with Crippen LogP contribution in [-0.4, -0.2) is 12.1 Å². The highest BCUT2D eigenvalue weighted by Gasteiger charge is 2.55. The van der Waals surface area contributed by atoms with Crippen molar-refractivity contribution in [2.24, 2.45) is 5.92 Å². The number of ether oxygens (including phenoxy) is 1. The van der Waals surface area contributed by atoms with Crippen LogP contribution in [0, 0.1) is 5.92 Å². The van der Waals surface area contributed by atoms with Gasteiger partial charge in [-0.15, -0.1) is 0 Å². The zero-order valence-electron chi connectivity index (χ0n) is 12.5.